The molecule has 1 aromatic carbocycles. The standard InChI is InChI=1S/C16H22N2O3/c1-11-8-14(11)16(20)21-10-15(19)17-9-12-4-6-13(7-5-12)18(2)3/h4-7,11,14H,8-10H2,1-3H3,(H,17,19)/t11-,14+/m1/s1. The quantitative estimate of drug-likeness (QED) is 0.808. The summed E-state index contributed by atoms with van der Waals surface area (Å²) in [7, 11) is 3.96. The van der Waals surface area contributed by atoms with E-state index in [2.05, 4.69) is 5.32 Å². The molecule has 1 aliphatic carbocycles. The summed E-state index contributed by atoms with van der Waals surface area (Å²) in [4.78, 5) is 25.1. The summed E-state index contributed by atoms with van der Waals surface area (Å²) >= 11 is 0. The van der Waals surface area contributed by atoms with Crippen LogP contribution in [0.4, 0.5) is 5.69 Å². The molecule has 0 aliphatic heterocycles. The number of rotatable bonds is 6. The largest absolute Gasteiger partial charge is 0.455 e. The Kier molecular flexibility index (Phi) is 4.83. The predicted molar refractivity (Wildman–Crippen MR) is 80.8 cm³/mol. The maximum absolute atomic E-state index is 11.6. The zero-order chi connectivity index (χ0) is 15.4. The van der Waals surface area contributed by atoms with E-state index in [1.54, 1.807) is 0 Å². The molecule has 2 atom stereocenters. The molecule has 0 radical (unpaired) electrons. The molecular weight excluding hydrogens is 268 g/mol. The minimum atomic E-state index is -0.270. The third-order valence-electron chi connectivity index (χ3n) is 3.70. The maximum atomic E-state index is 11.6. The van der Waals surface area contributed by atoms with Gasteiger partial charge in [0.05, 0.1) is 5.92 Å². The molecular formula is C16H22N2O3. The molecule has 0 bridgehead atoms. The van der Waals surface area contributed by atoms with E-state index >= 15 is 0 Å². The molecule has 0 heterocycles. The SMILES string of the molecule is C[C@@H]1C[C@@H]1C(=O)OCC(=O)NCc1ccc(N(C)C)cc1. The van der Waals surface area contributed by atoms with Crippen LogP contribution in [-0.4, -0.2) is 32.6 Å². The molecule has 2 rings (SSSR count). The highest BCUT2D eigenvalue weighted by Crippen LogP contribution is 2.38. The number of nitrogens with zero attached hydrogens (tertiary/aromatic N) is 1. The lowest BCUT2D eigenvalue weighted by Gasteiger charge is -2.13. The highest BCUT2D eigenvalue weighted by Gasteiger charge is 2.40. The van der Waals surface area contributed by atoms with E-state index in [0.717, 1.165) is 17.7 Å². The van der Waals surface area contributed by atoms with Crippen LogP contribution in [0, 0.1) is 11.8 Å². The maximum Gasteiger partial charge on any atom is 0.309 e. The molecule has 5 heteroatoms. The van der Waals surface area contributed by atoms with Gasteiger partial charge in [-0.2, -0.15) is 0 Å². The third-order valence-corrected chi connectivity index (χ3v) is 3.70. The fourth-order valence-electron chi connectivity index (χ4n) is 2.06. The molecule has 5 nitrogen and oxygen atoms in total. The second-order valence-electron chi connectivity index (χ2n) is 5.76. The van der Waals surface area contributed by atoms with E-state index in [9.17, 15) is 9.59 Å². The number of hydrogen-bond donors (Lipinski definition) is 1. The number of benzene rings is 1. The molecule has 21 heavy (non-hydrogen) atoms. The summed E-state index contributed by atoms with van der Waals surface area (Å²) in [5.74, 6) is -0.131. The molecule has 114 valence electrons. The van der Waals surface area contributed by atoms with Crippen molar-refractivity contribution in [2.24, 2.45) is 11.8 Å². The van der Waals surface area contributed by atoms with E-state index in [-0.39, 0.29) is 24.4 Å². The Labute approximate surface area is 125 Å². The molecule has 1 aromatic rings. The van der Waals surface area contributed by atoms with Crippen molar-refractivity contribution in [1.29, 1.82) is 0 Å². The van der Waals surface area contributed by atoms with Crippen LogP contribution in [0.2, 0.25) is 0 Å². The second kappa shape index (κ2) is 6.61. The molecule has 0 spiro atoms. The fourth-order valence-corrected chi connectivity index (χ4v) is 2.06. The van der Waals surface area contributed by atoms with Gasteiger partial charge in [0.15, 0.2) is 6.61 Å². The number of carbonyl (C=O) groups is 2. The summed E-state index contributed by atoms with van der Waals surface area (Å²) in [6, 6.07) is 7.92. The molecule has 1 amide bonds. The predicted octanol–water partition coefficient (Wildman–Crippen LogP) is 1.57. The van der Waals surface area contributed by atoms with E-state index in [0.29, 0.717) is 12.5 Å². The second-order valence-corrected chi connectivity index (χ2v) is 5.76. The average molecular weight is 290 g/mol. The van der Waals surface area contributed by atoms with Gasteiger partial charge in [-0.1, -0.05) is 19.1 Å². The number of esters is 1. The van der Waals surface area contributed by atoms with Crippen LogP contribution in [0.5, 0.6) is 0 Å². The van der Waals surface area contributed by atoms with E-state index in [4.69, 9.17) is 4.74 Å². The number of nitrogens with one attached hydrogen (secondary N) is 1. The Morgan fingerprint density at radius 3 is 2.43 bits per heavy atom. The van der Waals surface area contributed by atoms with Gasteiger partial charge in [0.1, 0.15) is 0 Å². The van der Waals surface area contributed by atoms with Gasteiger partial charge >= 0.3 is 5.97 Å². The zero-order valence-electron chi connectivity index (χ0n) is 12.8. The minimum Gasteiger partial charge on any atom is -0.455 e. The Morgan fingerprint density at radius 2 is 1.90 bits per heavy atom. The Morgan fingerprint density at radius 1 is 1.29 bits per heavy atom. The van der Waals surface area contributed by atoms with Crippen LogP contribution >= 0.6 is 0 Å². The monoisotopic (exact) mass is 290 g/mol. The molecule has 1 saturated carbocycles. The summed E-state index contributed by atoms with van der Waals surface area (Å²) in [5, 5.41) is 2.74. The highest BCUT2D eigenvalue weighted by molar-refractivity contribution is 5.82. The summed E-state index contributed by atoms with van der Waals surface area (Å²) in [6.45, 7) is 2.24. The smallest absolute Gasteiger partial charge is 0.309 e. The first-order valence-electron chi connectivity index (χ1n) is 7.17. The number of hydrogen-bond acceptors (Lipinski definition) is 4. The molecule has 0 unspecified atom stereocenters. The van der Waals surface area contributed by atoms with Gasteiger partial charge in [0.2, 0.25) is 0 Å². The average Bonchev–Trinajstić information content (AvgIpc) is 3.20. The number of ether oxygens (including phenoxy) is 1. The van der Waals surface area contributed by atoms with Crippen molar-refractivity contribution in [2.75, 3.05) is 25.6 Å². The van der Waals surface area contributed by atoms with Crippen LogP contribution in [0.25, 0.3) is 0 Å². The lowest BCUT2D eigenvalue weighted by Crippen LogP contribution is -2.28. The highest BCUT2D eigenvalue weighted by atomic mass is 16.5. The van der Waals surface area contributed by atoms with Crippen LogP contribution in [0.15, 0.2) is 24.3 Å². The molecule has 1 fully saturated rings. The first-order valence-corrected chi connectivity index (χ1v) is 7.17. The third kappa shape index (κ3) is 4.48. The first-order chi connectivity index (χ1) is 9.97. The Bertz CT molecular complexity index is 511. The molecule has 0 aromatic heterocycles. The van der Waals surface area contributed by atoms with Crippen LogP contribution < -0.4 is 10.2 Å². The van der Waals surface area contributed by atoms with Crippen molar-refractivity contribution in [3.05, 3.63) is 29.8 Å². The topological polar surface area (TPSA) is 58.6 Å². The first kappa shape index (κ1) is 15.4. The Balaban J connectivity index is 1.69. The molecule has 1 aliphatic rings. The number of carbonyl (C=O) groups excluding carboxylic acids is 2. The Hall–Kier alpha value is -2.04. The van der Waals surface area contributed by atoms with Crippen molar-refractivity contribution in [2.45, 2.75) is 19.9 Å². The van der Waals surface area contributed by atoms with Crippen molar-refractivity contribution in [1.82, 2.24) is 5.32 Å². The van der Waals surface area contributed by atoms with E-state index in [1.165, 1.54) is 0 Å². The van der Waals surface area contributed by atoms with Crippen molar-refractivity contribution < 1.29 is 14.3 Å². The zero-order valence-corrected chi connectivity index (χ0v) is 12.8. The van der Waals surface area contributed by atoms with Crippen LogP contribution in [0.3, 0.4) is 0 Å². The summed E-state index contributed by atoms with van der Waals surface area (Å²) < 4.78 is 4.98. The van der Waals surface area contributed by atoms with Gasteiger partial charge in [-0.25, -0.2) is 0 Å². The van der Waals surface area contributed by atoms with Gasteiger partial charge in [-0.15, -0.1) is 0 Å². The fraction of sp³-hybridized carbons (Fsp3) is 0.500. The lowest BCUT2D eigenvalue weighted by molar-refractivity contribution is -0.150. The summed E-state index contributed by atoms with van der Waals surface area (Å²) in [6.07, 6.45) is 0.874. The lowest BCUT2D eigenvalue weighted by atomic mass is 10.2. The number of amides is 1. The normalized spacial score (nSPS) is 19.8. The summed E-state index contributed by atoms with van der Waals surface area (Å²) in [5.41, 5.74) is 2.12. The van der Waals surface area contributed by atoms with Gasteiger partial charge < -0.3 is 15.0 Å². The van der Waals surface area contributed by atoms with Crippen molar-refractivity contribution in [3.63, 3.8) is 0 Å². The van der Waals surface area contributed by atoms with E-state index < -0.39 is 0 Å². The van der Waals surface area contributed by atoms with Crippen molar-refractivity contribution in [3.8, 4) is 0 Å². The van der Waals surface area contributed by atoms with Crippen LogP contribution in [0.1, 0.15) is 18.9 Å². The van der Waals surface area contributed by atoms with Gasteiger partial charge in [0.25, 0.3) is 5.91 Å². The van der Waals surface area contributed by atoms with Crippen LogP contribution in [-0.2, 0) is 20.9 Å². The van der Waals surface area contributed by atoms with Gasteiger partial charge in [0, 0.05) is 26.3 Å². The van der Waals surface area contributed by atoms with Gasteiger partial charge in [-0.05, 0) is 30.0 Å². The van der Waals surface area contributed by atoms with Gasteiger partial charge in [-0.3, -0.25) is 9.59 Å². The minimum absolute atomic E-state index is 0.00335. The molecule has 1 N–H and O–H groups in total. The number of anilines is 1. The van der Waals surface area contributed by atoms with Crippen molar-refractivity contribution >= 4 is 17.6 Å². The van der Waals surface area contributed by atoms with E-state index in [1.807, 2.05) is 50.2 Å². The molecule has 0 saturated heterocycles.